The molecule has 2 aromatic rings. The first-order valence-corrected chi connectivity index (χ1v) is 7.95. The SMILES string of the molecule is Cc1cnc(CCNC(=O)C(C)Oc2cccc(CO)c2)s1. The second kappa shape index (κ2) is 7.91. The Labute approximate surface area is 134 Å². The van der Waals surface area contributed by atoms with Crippen LogP contribution in [0.25, 0.3) is 0 Å². The van der Waals surface area contributed by atoms with Gasteiger partial charge in [-0.05, 0) is 31.5 Å². The largest absolute Gasteiger partial charge is 0.481 e. The number of benzene rings is 1. The van der Waals surface area contributed by atoms with Crippen LogP contribution >= 0.6 is 11.3 Å². The van der Waals surface area contributed by atoms with E-state index in [-0.39, 0.29) is 12.5 Å². The minimum Gasteiger partial charge on any atom is -0.481 e. The number of hydrogen-bond donors (Lipinski definition) is 2. The molecule has 0 aliphatic heterocycles. The van der Waals surface area contributed by atoms with Gasteiger partial charge in [-0.2, -0.15) is 0 Å². The third-order valence-corrected chi connectivity index (χ3v) is 4.04. The van der Waals surface area contributed by atoms with Crippen molar-refractivity contribution >= 4 is 17.2 Å². The summed E-state index contributed by atoms with van der Waals surface area (Å²) in [5, 5.41) is 12.9. The van der Waals surface area contributed by atoms with Crippen molar-refractivity contribution in [3.63, 3.8) is 0 Å². The standard InChI is InChI=1S/C16H20N2O3S/c1-11-9-18-15(22-11)6-7-17-16(20)12(2)21-14-5-3-4-13(8-14)10-19/h3-5,8-9,12,19H,6-7,10H2,1-2H3,(H,17,20). The molecule has 118 valence electrons. The van der Waals surface area contributed by atoms with E-state index in [0.717, 1.165) is 17.0 Å². The number of thiazole rings is 1. The zero-order valence-corrected chi connectivity index (χ0v) is 13.5. The number of ether oxygens (including phenoxy) is 1. The first-order valence-electron chi connectivity index (χ1n) is 7.14. The molecule has 5 nitrogen and oxygen atoms in total. The molecule has 0 spiro atoms. The number of aryl methyl sites for hydroxylation is 1. The van der Waals surface area contributed by atoms with Crippen LogP contribution in [0.5, 0.6) is 5.75 Å². The molecule has 22 heavy (non-hydrogen) atoms. The van der Waals surface area contributed by atoms with Crippen LogP contribution in [-0.4, -0.2) is 28.6 Å². The van der Waals surface area contributed by atoms with Crippen molar-refractivity contribution in [1.29, 1.82) is 0 Å². The van der Waals surface area contributed by atoms with Gasteiger partial charge in [0.25, 0.3) is 5.91 Å². The number of hydrogen-bond acceptors (Lipinski definition) is 5. The third-order valence-electron chi connectivity index (χ3n) is 3.07. The molecule has 1 amide bonds. The molecular formula is C16H20N2O3S. The van der Waals surface area contributed by atoms with Crippen LogP contribution in [0.3, 0.4) is 0 Å². The summed E-state index contributed by atoms with van der Waals surface area (Å²) in [6, 6.07) is 7.08. The maximum absolute atomic E-state index is 12.0. The number of amides is 1. The Hall–Kier alpha value is -1.92. The monoisotopic (exact) mass is 320 g/mol. The Bertz CT molecular complexity index is 627. The maximum Gasteiger partial charge on any atom is 0.260 e. The van der Waals surface area contributed by atoms with E-state index in [1.807, 2.05) is 13.1 Å². The van der Waals surface area contributed by atoms with E-state index >= 15 is 0 Å². The van der Waals surface area contributed by atoms with Crippen LogP contribution in [-0.2, 0) is 17.8 Å². The zero-order valence-electron chi connectivity index (χ0n) is 12.7. The molecule has 1 heterocycles. The molecule has 0 aliphatic carbocycles. The normalized spacial score (nSPS) is 12.0. The van der Waals surface area contributed by atoms with Gasteiger partial charge >= 0.3 is 0 Å². The van der Waals surface area contributed by atoms with Crippen molar-refractivity contribution in [1.82, 2.24) is 10.3 Å². The first-order chi connectivity index (χ1) is 10.6. The highest BCUT2D eigenvalue weighted by molar-refractivity contribution is 7.11. The van der Waals surface area contributed by atoms with Crippen molar-refractivity contribution in [2.75, 3.05) is 6.54 Å². The molecule has 6 heteroatoms. The van der Waals surface area contributed by atoms with Crippen molar-refractivity contribution in [2.45, 2.75) is 33.0 Å². The molecule has 0 fully saturated rings. The number of aliphatic hydroxyl groups is 1. The fraction of sp³-hybridized carbons (Fsp3) is 0.375. The van der Waals surface area contributed by atoms with Crippen molar-refractivity contribution < 1.29 is 14.6 Å². The van der Waals surface area contributed by atoms with Crippen molar-refractivity contribution in [3.05, 3.63) is 45.9 Å². The summed E-state index contributed by atoms with van der Waals surface area (Å²) in [7, 11) is 0. The second-order valence-electron chi connectivity index (χ2n) is 4.97. The topological polar surface area (TPSA) is 71.5 Å². The molecule has 1 atom stereocenters. The van der Waals surface area contributed by atoms with Crippen LogP contribution < -0.4 is 10.1 Å². The van der Waals surface area contributed by atoms with E-state index < -0.39 is 6.10 Å². The predicted molar refractivity (Wildman–Crippen MR) is 86.0 cm³/mol. The van der Waals surface area contributed by atoms with E-state index in [0.29, 0.717) is 12.3 Å². The van der Waals surface area contributed by atoms with E-state index in [4.69, 9.17) is 9.84 Å². The van der Waals surface area contributed by atoms with E-state index in [1.165, 1.54) is 4.88 Å². The lowest BCUT2D eigenvalue weighted by molar-refractivity contribution is -0.127. The molecule has 0 radical (unpaired) electrons. The second-order valence-corrected chi connectivity index (χ2v) is 6.29. The number of carbonyl (C=O) groups excluding carboxylic acids is 1. The molecule has 0 saturated carbocycles. The van der Waals surface area contributed by atoms with Gasteiger partial charge < -0.3 is 15.2 Å². The molecule has 2 N–H and O–H groups in total. The van der Waals surface area contributed by atoms with Gasteiger partial charge in [-0.25, -0.2) is 4.98 Å². The Morgan fingerprint density at radius 3 is 3.00 bits per heavy atom. The van der Waals surface area contributed by atoms with E-state index in [2.05, 4.69) is 10.3 Å². The lowest BCUT2D eigenvalue weighted by atomic mass is 10.2. The number of nitrogens with zero attached hydrogens (tertiary/aromatic N) is 1. The number of aromatic nitrogens is 1. The highest BCUT2D eigenvalue weighted by Gasteiger charge is 2.14. The van der Waals surface area contributed by atoms with Crippen LogP contribution in [0.4, 0.5) is 0 Å². The number of rotatable bonds is 7. The number of carbonyl (C=O) groups is 1. The van der Waals surface area contributed by atoms with Gasteiger partial charge in [0.2, 0.25) is 0 Å². The van der Waals surface area contributed by atoms with Gasteiger partial charge in [0.15, 0.2) is 6.10 Å². The highest BCUT2D eigenvalue weighted by Crippen LogP contribution is 2.15. The average molecular weight is 320 g/mol. The van der Waals surface area contributed by atoms with Gasteiger partial charge in [0, 0.05) is 24.0 Å². The van der Waals surface area contributed by atoms with E-state index in [1.54, 1.807) is 42.5 Å². The molecule has 0 bridgehead atoms. The van der Waals surface area contributed by atoms with Gasteiger partial charge in [-0.3, -0.25) is 4.79 Å². The molecule has 0 saturated heterocycles. The van der Waals surface area contributed by atoms with Crippen molar-refractivity contribution in [3.8, 4) is 5.75 Å². The minimum absolute atomic E-state index is 0.0506. The van der Waals surface area contributed by atoms with Crippen LogP contribution in [0, 0.1) is 6.92 Å². The summed E-state index contributed by atoms with van der Waals surface area (Å²) in [5.74, 6) is 0.410. The highest BCUT2D eigenvalue weighted by atomic mass is 32.1. The Morgan fingerprint density at radius 2 is 2.32 bits per heavy atom. The van der Waals surface area contributed by atoms with Crippen molar-refractivity contribution in [2.24, 2.45) is 0 Å². The number of nitrogens with one attached hydrogen (secondary N) is 1. The van der Waals surface area contributed by atoms with Gasteiger partial charge in [-0.1, -0.05) is 12.1 Å². The Balaban J connectivity index is 1.78. The molecule has 1 aromatic heterocycles. The lowest BCUT2D eigenvalue weighted by Gasteiger charge is -2.15. The molecule has 2 rings (SSSR count). The van der Waals surface area contributed by atoms with Gasteiger partial charge in [0.05, 0.1) is 11.6 Å². The minimum atomic E-state index is -0.591. The summed E-state index contributed by atoms with van der Waals surface area (Å²) in [4.78, 5) is 17.4. The maximum atomic E-state index is 12.0. The summed E-state index contributed by atoms with van der Waals surface area (Å²) >= 11 is 1.64. The number of aliphatic hydroxyl groups excluding tert-OH is 1. The predicted octanol–water partition coefficient (Wildman–Crippen LogP) is 2.07. The van der Waals surface area contributed by atoms with Gasteiger partial charge in [-0.15, -0.1) is 11.3 Å². The summed E-state index contributed by atoms with van der Waals surface area (Å²) in [6.07, 6.45) is 1.96. The quantitative estimate of drug-likeness (QED) is 0.819. The fourth-order valence-electron chi connectivity index (χ4n) is 1.93. The summed E-state index contributed by atoms with van der Waals surface area (Å²) in [5.41, 5.74) is 0.754. The molecule has 1 unspecified atom stereocenters. The van der Waals surface area contributed by atoms with E-state index in [9.17, 15) is 4.79 Å². The third kappa shape index (κ3) is 4.82. The molecule has 0 aliphatic rings. The zero-order chi connectivity index (χ0) is 15.9. The Kier molecular flexibility index (Phi) is 5.91. The smallest absolute Gasteiger partial charge is 0.260 e. The summed E-state index contributed by atoms with van der Waals surface area (Å²) in [6.45, 7) is 4.20. The molecular weight excluding hydrogens is 300 g/mol. The van der Waals surface area contributed by atoms with Gasteiger partial charge in [0.1, 0.15) is 5.75 Å². The average Bonchev–Trinajstić information content (AvgIpc) is 2.92. The summed E-state index contributed by atoms with van der Waals surface area (Å²) < 4.78 is 5.59. The first kappa shape index (κ1) is 16.5. The Morgan fingerprint density at radius 1 is 1.50 bits per heavy atom. The van der Waals surface area contributed by atoms with Crippen LogP contribution in [0.2, 0.25) is 0 Å². The molecule has 1 aromatic carbocycles. The van der Waals surface area contributed by atoms with Crippen LogP contribution in [0.1, 0.15) is 22.4 Å². The fourth-order valence-corrected chi connectivity index (χ4v) is 2.71. The lowest BCUT2D eigenvalue weighted by Crippen LogP contribution is -2.37. The van der Waals surface area contributed by atoms with Crippen LogP contribution in [0.15, 0.2) is 30.5 Å².